The fourth-order valence-electron chi connectivity index (χ4n) is 3.20. The van der Waals surface area contributed by atoms with Gasteiger partial charge in [0.15, 0.2) is 11.0 Å². The standard InChI is InChI=1S/C19H22FN5OS/c1-3-17-22-18(26-23-17)13(2)24-8-10-25(11-9-24)19-21-16(12-27-19)14-4-6-15(20)7-5-14/h4-7,12-13H,3,8-11H2,1-2H3. The minimum atomic E-state index is -0.230. The lowest BCUT2D eigenvalue weighted by Gasteiger charge is -2.36. The number of hydrogen-bond donors (Lipinski definition) is 0. The van der Waals surface area contributed by atoms with Gasteiger partial charge in [0.05, 0.1) is 11.7 Å². The zero-order chi connectivity index (χ0) is 18.8. The minimum absolute atomic E-state index is 0.117. The quantitative estimate of drug-likeness (QED) is 0.664. The lowest BCUT2D eigenvalue weighted by Crippen LogP contribution is -2.47. The molecule has 2 aromatic heterocycles. The average molecular weight is 387 g/mol. The van der Waals surface area contributed by atoms with E-state index in [0.717, 1.165) is 54.8 Å². The number of aryl methyl sites for hydroxylation is 1. The first-order chi connectivity index (χ1) is 13.1. The highest BCUT2D eigenvalue weighted by Gasteiger charge is 2.26. The summed E-state index contributed by atoms with van der Waals surface area (Å²) in [5.41, 5.74) is 1.83. The first-order valence-electron chi connectivity index (χ1n) is 9.17. The molecule has 1 fully saturated rings. The van der Waals surface area contributed by atoms with Crippen LogP contribution in [0.1, 0.15) is 31.6 Å². The van der Waals surface area contributed by atoms with Crippen LogP contribution in [-0.2, 0) is 6.42 Å². The lowest BCUT2D eigenvalue weighted by atomic mass is 10.2. The van der Waals surface area contributed by atoms with Crippen molar-refractivity contribution in [2.45, 2.75) is 26.3 Å². The maximum atomic E-state index is 13.1. The Labute approximate surface area is 161 Å². The number of rotatable bonds is 5. The van der Waals surface area contributed by atoms with Crippen LogP contribution >= 0.6 is 11.3 Å². The van der Waals surface area contributed by atoms with Gasteiger partial charge >= 0.3 is 0 Å². The van der Waals surface area contributed by atoms with Gasteiger partial charge in [-0.05, 0) is 31.2 Å². The Bertz CT molecular complexity index is 886. The van der Waals surface area contributed by atoms with E-state index in [9.17, 15) is 4.39 Å². The number of halogens is 1. The van der Waals surface area contributed by atoms with E-state index in [1.54, 1.807) is 23.5 Å². The Morgan fingerprint density at radius 2 is 1.89 bits per heavy atom. The Morgan fingerprint density at radius 1 is 1.15 bits per heavy atom. The Morgan fingerprint density at radius 3 is 2.56 bits per heavy atom. The summed E-state index contributed by atoms with van der Waals surface area (Å²) in [5, 5.41) is 7.03. The third-order valence-corrected chi connectivity index (χ3v) is 5.82. The van der Waals surface area contributed by atoms with E-state index in [2.05, 4.69) is 26.9 Å². The number of piperazine rings is 1. The van der Waals surface area contributed by atoms with E-state index in [-0.39, 0.29) is 11.9 Å². The summed E-state index contributed by atoms with van der Waals surface area (Å²) in [4.78, 5) is 13.8. The lowest BCUT2D eigenvalue weighted by molar-refractivity contribution is 0.164. The molecule has 0 N–H and O–H groups in total. The first kappa shape index (κ1) is 18.1. The van der Waals surface area contributed by atoms with Crippen LogP contribution in [0, 0.1) is 5.82 Å². The van der Waals surface area contributed by atoms with Crippen molar-refractivity contribution >= 4 is 16.5 Å². The summed E-state index contributed by atoms with van der Waals surface area (Å²) in [6.07, 6.45) is 0.782. The van der Waals surface area contributed by atoms with Crippen LogP contribution < -0.4 is 4.90 Å². The largest absolute Gasteiger partial charge is 0.346 e. The maximum absolute atomic E-state index is 13.1. The zero-order valence-electron chi connectivity index (χ0n) is 15.4. The molecule has 142 valence electrons. The second kappa shape index (κ2) is 7.74. The van der Waals surface area contributed by atoms with Gasteiger partial charge < -0.3 is 9.42 Å². The van der Waals surface area contributed by atoms with E-state index in [0.29, 0.717) is 5.89 Å². The van der Waals surface area contributed by atoms with E-state index in [1.165, 1.54) is 12.1 Å². The topological polar surface area (TPSA) is 58.3 Å². The van der Waals surface area contributed by atoms with Gasteiger partial charge in [0.2, 0.25) is 5.89 Å². The SMILES string of the molecule is CCc1noc(C(C)N2CCN(c3nc(-c4ccc(F)cc4)cs3)CC2)n1. The van der Waals surface area contributed by atoms with Crippen LogP contribution in [0.4, 0.5) is 9.52 Å². The van der Waals surface area contributed by atoms with Crippen LogP contribution in [0.15, 0.2) is 34.2 Å². The summed E-state index contributed by atoms with van der Waals surface area (Å²) in [6, 6.07) is 6.59. The predicted molar refractivity (Wildman–Crippen MR) is 103 cm³/mol. The molecule has 1 atom stereocenters. The number of benzene rings is 1. The van der Waals surface area contributed by atoms with Crippen molar-refractivity contribution < 1.29 is 8.91 Å². The summed E-state index contributed by atoms with van der Waals surface area (Å²) in [7, 11) is 0. The number of anilines is 1. The van der Waals surface area contributed by atoms with Crippen molar-refractivity contribution in [2.75, 3.05) is 31.1 Å². The number of hydrogen-bond acceptors (Lipinski definition) is 7. The van der Waals surface area contributed by atoms with Crippen LogP contribution in [0.3, 0.4) is 0 Å². The number of nitrogens with zero attached hydrogens (tertiary/aromatic N) is 5. The Balaban J connectivity index is 1.38. The molecule has 0 amide bonds. The van der Waals surface area contributed by atoms with Crippen LogP contribution in [-0.4, -0.2) is 46.2 Å². The molecule has 8 heteroatoms. The molecule has 1 aliphatic heterocycles. The van der Waals surface area contributed by atoms with Gasteiger partial charge in [0.25, 0.3) is 0 Å². The highest BCUT2D eigenvalue weighted by molar-refractivity contribution is 7.14. The van der Waals surface area contributed by atoms with Gasteiger partial charge in [-0.15, -0.1) is 11.3 Å². The summed E-state index contributed by atoms with van der Waals surface area (Å²) < 4.78 is 18.5. The monoisotopic (exact) mass is 387 g/mol. The number of aromatic nitrogens is 3. The molecule has 0 spiro atoms. The molecule has 0 aliphatic carbocycles. The van der Waals surface area contributed by atoms with Crippen LogP contribution in [0.25, 0.3) is 11.3 Å². The van der Waals surface area contributed by atoms with E-state index in [1.807, 2.05) is 12.3 Å². The third kappa shape index (κ3) is 3.86. The molecular weight excluding hydrogens is 365 g/mol. The molecule has 0 radical (unpaired) electrons. The summed E-state index contributed by atoms with van der Waals surface area (Å²) >= 11 is 1.63. The van der Waals surface area contributed by atoms with Crippen molar-refractivity contribution in [3.05, 3.63) is 47.2 Å². The molecular formula is C19H22FN5OS. The summed E-state index contributed by atoms with van der Waals surface area (Å²) in [6.45, 7) is 7.75. The molecule has 1 unspecified atom stereocenters. The van der Waals surface area contributed by atoms with Gasteiger partial charge in [-0.1, -0.05) is 12.1 Å². The van der Waals surface area contributed by atoms with Crippen molar-refractivity contribution in [2.24, 2.45) is 0 Å². The fraction of sp³-hybridized carbons (Fsp3) is 0.421. The van der Waals surface area contributed by atoms with Crippen molar-refractivity contribution in [3.8, 4) is 11.3 Å². The van der Waals surface area contributed by atoms with Crippen molar-refractivity contribution in [1.82, 2.24) is 20.0 Å². The normalized spacial score (nSPS) is 16.6. The van der Waals surface area contributed by atoms with E-state index >= 15 is 0 Å². The second-order valence-electron chi connectivity index (χ2n) is 6.62. The van der Waals surface area contributed by atoms with Crippen molar-refractivity contribution in [1.29, 1.82) is 0 Å². The van der Waals surface area contributed by atoms with E-state index < -0.39 is 0 Å². The molecule has 27 heavy (non-hydrogen) atoms. The molecule has 3 heterocycles. The molecule has 1 saturated heterocycles. The fourth-order valence-corrected chi connectivity index (χ4v) is 4.09. The smallest absolute Gasteiger partial charge is 0.243 e. The summed E-state index contributed by atoms with van der Waals surface area (Å²) in [5.74, 6) is 1.21. The molecule has 1 aromatic carbocycles. The first-order valence-corrected chi connectivity index (χ1v) is 10.0. The third-order valence-electron chi connectivity index (χ3n) is 4.92. The van der Waals surface area contributed by atoms with Gasteiger partial charge in [0, 0.05) is 43.5 Å². The van der Waals surface area contributed by atoms with Crippen molar-refractivity contribution in [3.63, 3.8) is 0 Å². The molecule has 1 aliphatic rings. The van der Waals surface area contributed by atoms with Crippen LogP contribution in [0.5, 0.6) is 0 Å². The number of thiazole rings is 1. The average Bonchev–Trinajstić information content (AvgIpc) is 3.38. The van der Waals surface area contributed by atoms with E-state index in [4.69, 9.17) is 9.51 Å². The Hall–Kier alpha value is -2.32. The van der Waals surface area contributed by atoms with Gasteiger partial charge in [-0.2, -0.15) is 4.98 Å². The molecule has 6 nitrogen and oxygen atoms in total. The molecule has 4 rings (SSSR count). The van der Waals surface area contributed by atoms with Gasteiger partial charge in [-0.3, -0.25) is 4.90 Å². The molecule has 3 aromatic rings. The van der Waals surface area contributed by atoms with Gasteiger partial charge in [-0.25, -0.2) is 9.37 Å². The Kier molecular flexibility index (Phi) is 5.18. The zero-order valence-corrected chi connectivity index (χ0v) is 16.2. The highest BCUT2D eigenvalue weighted by Crippen LogP contribution is 2.29. The predicted octanol–water partition coefficient (Wildman–Crippen LogP) is 3.78. The molecule has 0 bridgehead atoms. The highest BCUT2D eigenvalue weighted by atomic mass is 32.1. The van der Waals surface area contributed by atoms with Gasteiger partial charge in [0.1, 0.15) is 5.82 Å². The van der Waals surface area contributed by atoms with Crippen LogP contribution in [0.2, 0.25) is 0 Å². The maximum Gasteiger partial charge on any atom is 0.243 e. The second-order valence-corrected chi connectivity index (χ2v) is 7.46. The minimum Gasteiger partial charge on any atom is -0.346 e. The molecule has 0 saturated carbocycles.